The topological polar surface area (TPSA) is 18.5 Å². The van der Waals surface area contributed by atoms with Gasteiger partial charge in [0, 0.05) is 0 Å². The first-order valence-electron chi connectivity index (χ1n) is 12.4. The summed E-state index contributed by atoms with van der Waals surface area (Å²) in [5.74, 6) is 0. The molecule has 0 amide bonds. The van der Waals surface area contributed by atoms with Gasteiger partial charge < -0.3 is 9.31 Å². The summed E-state index contributed by atoms with van der Waals surface area (Å²) < 4.78 is 12.9. The van der Waals surface area contributed by atoms with Crippen molar-refractivity contribution in [3.8, 4) is 11.1 Å². The zero-order valence-corrected chi connectivity index (χ0v) is 21.3. The van der Waals surface area contributed by atoms with Crippen molar-refractivity contribution in [2.75, 3.05) is 0 Å². The van der Waals surface area contributed by atoms with Crippen LogP contribution in [0.1, 0.15) is 51.3 Å². The Morgan fingerprint density at radius 3 is 2.09 bits per heavy atom. The molecule has 3 heteroatoms. The second-order valence-corrected chi connectivity index (χ2v) is 10.5. The summed E-state index contributed by atoms with van der Waals surface area (Å²) in [6.45, 7) is 15.1. The fourth-order valence-corrected chi connectivity index (χ4v) is 5.36. The van der Waals surface area contributed by atoms with Crippen LogP contribution >= 0.6 is 0 Å². The highest BCUT2D eigenvalue weighted by Gasteiger charge is 2.53. The smallest absolute Gasteiger partial charge is 0.399 e. The van der Waals surface area contributed by atoms with E-state index in [1.165, 1.54) is 27.8 Å². The molecular weight excluding hydrogens is 427 g/mol. The summed E-state index contributed by atoms with van der Waals surface area (Å²) in [5.41, 5.74) is 6.90. The molecule has 0 saturated carbocycles. The molecule has 0 spiro atoms. The van der Waals surface area contributed by atoms with E-state index in [-0.39, 0.29) is 0 Å². The highest BCUT2D eigenvalue weighted by Crippen LogP contribution is 2.56. The third-order valence-electron chi connectivity index (χ3n) is 7.88. The van der Waals surface area contributed by atoms with E-state index in [1.807, 2.05) is 19.1 Å². The Balaban J connectivity index is 1.76. The second kappa shape index (κ2) is 8.51. The van der Waals surface area contributed by atoms with Crippen LogP contribution in [0.3, 0.4) is 0 Å². The molecule has 3 aromatic carbocycles. The quantitative estimate of drug-likeness (QED) is 0.302. The molecule has 35 heavy (non-hydrogen) atoms. The Morgan fingerprint density at radius 2 is 1.40 bits per heavy atom. The number of benzene rings is 3. The molecule has 0 aromatic heterocycles. The number of rotatable bonds is 5. The highest BCUT2D eigenvalue weighted by molar-refractivity contribution is 6.62. The van der Waals surface area contributed by atoms with Crippen LogP contribution < -0.4 is 5.46 Å². The number of hydrogen-bond acceptors (Lipinski definition) is 2. The van der Waals surface area contributed by atoms with Crippen molar-refractivity contribution in [3.05, 3.63) is 126 Å². The van der Waals surface area contributed by atoms with Crippen molar-refractivity contribution in [1.82, 2.24) is 0 Å². The minimum absolute atomic E-state index is 0.394. The van der Waals surface area contributed by atoms with E-state index >= 15 is 0 Å². The van der Waals surface area contributed by atoms with E-state index in [1.54, 1.807) is 0 Å². The normalized spacial score (nSPS) is 22.0. The van der Waals surface area contributed by atoms with Crippen molar-refractivity contribution in [2.24, 2.45) is 0 Å². The highest BCUT2D eigenvalue weighted by atomic mass is 16.7. The van der Waals surface area contributed by atoms with Crippen LogP contribution in [0.2, 0.25) is 0 Å². The SMILES string of the molecule is C=C(/C=C\C=C/C)C1(c2ccccc2)c2ccccc2-c2ccc(B3OC(C)(C)C(C)(C)O3)cc21. The van der Waals surface area contributed by atoms with Crippen molar-refractivity contribution in [3.63, 3.8) is 0 Å². The minimum Gasteiger partial charge on any atom is -0.399 e. The maximum Gasteiger partial charge on any atom is 0.494 e. The van der Waals surface area contributed by atoms with Crippen LogP contribution in [0.15, 0.2) is 109 Å². The third-order valence-corrected chi connectivity index (χ3v) is 7.88. The first-order chi connectivity index (χ1) is 16.7. The monoisotopic (exact) mass is 460 g/mol. The van der Waals surface area contributed by atoms with Gasteiger partial charge in [-0.25, -0.2) is 0 Å². The summed E-state index contributed by atoms with van der Waals surface area (Å²) in [7, 11) is -0.422. The van der Waals surface area contributed by atoms with Gasteiger partial charge in [0.2, 0.25) is 0 Å². The van der Waals surface area contributed by atoms with Crippen molar-refractivity contribution in [1.29, 1.82) is 0 Å². The van der Waals surface area contributed by atoms with E-state index in [0.717, 1.165) is 11.0 Å². The van der Waals surface area contributed by atoms with Crippen LogP contribution in [0.25, 0.3) is 11.1 Å². The predicted octanol–water partition coefficient (Wildman–Crippen LogP) is 6.99. The summed E-state index contributed by atoms with van der Waals surface area (Å²) in [5, 5.41) is 0. The maximum atomic E-state index is 6.43. The van der Waals surface area contributed by atoms with Gasteiger partial charge in [-0.05, 0) is 73.5 Å². The van der Waals surface area contributed by atoms with Gasteiger partial charge in [-0.3, -0.25) is 0 Å². The fourth-order valence-electron chi connectivity index (χ4n) is 5.36. The molecule has 1 fully saturated rings. The molecule has 3 aromatic rings. The number of hydrogen-bond donors (Lipinski definition) is 0. The molecule has 2 aliphatic rings. The molecule has 1 unspecified atom stereocenters. The number of fused-ring (bicyclic) bond motifs is 3. The third kappa shape index (κ3) is 3.57. The van der Waals surface area contributed by atoms with Crippen molar-refractivity contribution in [2.45, 2.75) is 51.2 Å². The molecule has 1 heterocycles. The van der Waals surface area contributed by atoms with Crippen LogP contribution in [-0.4, -0.2) is 18.3 Å². The first kappa shape index (κ1) is 23.6. The molecule has 0 bridgehead atoms. The Morgan fingerprint density at radius 1 is 0.771 bits per heavy atom. The Kier molecular flexibility index (Phi) is 5.74. The lowest BCUT2D eigenvalue weighted by Crippen LogP contribution is -2.41. The van der Waals surface area contributed by atoms with Crippen LogP contribution in [0, 0.1) is 0 Å². The standard InChI is InChI=1S/C32H33BO2/c1-7-8-10-15-23(2)32(24-16-11-9-12-17-24)28-19-14-13-18-26(28)27-21-20-25(22-29(27)32)33-34-30(3,4)31(5,6)35-33/h7-22H,2H2,1,3-6H3/b8-7-,15-10-. The lowest BCUT2D eigenvalue weighted by atomic mass is 9.66. The average molecular weight is 460 g/mol. The van der Waals surface area contributed by atoms with Crippen LogP contribution in [0.5, 0.6) is 0 Å². The van der Waals surface area contributed by atoms with Gasteiger partial charge in [0.05, 0.1) is 16.6 Å². The van der Waals surface area contributed by atoms with Crippen molar-refractivity contribution >= 4 is 12.6 Å². The molecule has 5 rings (SSSR count). The zero-order valence-electron chi connectivity index (χ0n) is 21.3. The van der Waals surface area contributed by atoms with Gasteiger partial charge in [-0.2, -0.15) is 0 Å². The molecule has 0 N–H and O–H groups in total. The summed E-state index contributed by atoms with van der Waals surface area (Å²) in [6.07, 6.45) is 8.30. The molecule has 176 valence electrons. The Bertz CT molecular complexity index is 1320. The largest absolute Gasteiger partial charge is 0.494 e. The van der Waals surface area contributed by atoms with Crippen LogP contribution in [-0.2, 0) is 14.7 Å². The van der Waals surface area contributed by atoms with E-state index < -0.39 is 23.7 Å². The number of allylic oxidation sites excluding steroid dienone is 5. The summed E-state index contributed by atoms with van der Waals surface area (Å²) in [6, 6.07) is 26.1. The average Bonchev–Trinajstić information content (AvgIpc) is 3.26. The Hall–Kier alpha value is -3.14. The fraction of sp³-hybridized carbons (Fsp3) is 0.250. The molecule has 0 radical (unpaired) electrons. The van der Waals surface area contributed by atoms with E-state index in [9.17, 15) is 0 Å². The molecule has 1 saturated heterocycles. The molecule has 1 aliphatic heterocycles. The van der Waals surface area contributed by atoms with E-state index in [4.69, 9.17) is 9.31 Å². The van der Waals surface area contributed by atoms with Gasteiger partial charge in [-0.15, -0.1) is 0 Å². The summed E-state index contributed by atoms with van der Waals surface area (Å²) >= 11 is 0. The summed E-state index contributed by atoms with van der Waals surface area (Å²) in [4.78, 5) is 0. The molecule has 1 atom stereocenters. The maximum absolute atomic E-state index is 6.43. The molecular formula is C32H33BO2. The van der Waals surface area contributed by atoms with Gasteiger partial charge in [0.1, 0.15) is 0 Å². The lowest BCUT2D eigenvalue weighted by molar-refractivity contribution is 0.00578. The van der Waals surface area contributed by atoms with Crippen LogP contribution in [0.4, 0.5) is 0 Å². The molecule has 2 nitrogen and oxygen atoms in total. The zero-order chi connectivity index (χ0) is 24.8. The Labute approximate surface area is 210 Å². The van der Waals surface area contributed by atoms with Gasteiger partial charge in [0.25, 0.3) is 0 Å². The second-order valence-electron chi connectivity index (χ2n) is 10.5. The first-order valence-corrected chi connectivity index (χ1v) is 12.4. The van der Waals surface area contributed by atoms with Gasteiger partial charge >= 0.3 is 7.12 Å². The van der Waals surface area contributed by atoms with E-state index in [2.05, 4.69) is 119 Å². The van der Waals surface area contributed by atoms with Gasteiger partial charge in [-0.1, -0.05) is 104 Å². The van der Waals surface area contributed by atoms with Gasteiger partial charge in [0.15, 0.2) is 0 Å². The van der Waals surface area contributed by atoms with Crippen molar-refractivity contribution < 1.29 is 9.31 Å². The predicted molar refractivity (Wildman–Crippen MR) is 147 cm³/mol. The minimum atomic E-state index is -0.509. The molecule has 1 aliphatic carbocycles. The van der Waals surface area contributed by atoms with E-state index in [0.29, 0.717) is 0 Å². The lowest BCUT2D eigenvalue weighted by Gasteiger charge is -2.34.